The summed E-state index contributed by atoms with van der Waals surface area (Å²) in [4.78, 5) is 0. The average molecular weight is 173 g/mol. The van der Waals surface area contributed by atoms with Gasteiger partial charge in [0.2, 0.25) is 0 Å². The number of benzene rings is 1. The molecule has 3 N–H and O–H groups in total. The minimum atomic E-state index is -0.556. The summed E-state index contributed by atoms with van der Waals surface area (Å²) in [6, 6.07) is 2.42. The van der Waals surface area contributed by atoms with Gasteiger partial charge in [-0.05, 0) is 12.1 Å². The van der Waals surface area contributed by atoms with E-state index < -0.39 is 5.82 Å². The molecule has 0 atom stereocenters. The fraction of sp³-hybridized carbons (Fsp3) is 0. The first-order valence-electron chi connectivity index (χ1n) is 2.90. The first kappa shape index (κ1) is 8.01. The molecule has 0 heterocycles. The van der Waals surface area contributed by atoms with Crippen LogP contribution in [-0.2, 0) is 0 Å². The van der Waals surface area contributed by atoms with Gasteiger partial charge in [-0.15, -0.1) is 0 Å². The van der Waals surface area contributed by atoms with E-state index in [2.05, 4.69) is 0 Å². The zero-order valence-corrected chi connectivity index (χ0v) is 6.32. The number of nitrogens with two attached hydrogens (primary N) is 1. The van der Waals surface area contributed by atoms with E-state index in [1.165, 1.54) is 6.07 Å². The van der Waals surface area contributed by atoms with Crippen LogP contribution in [0.4, 0.5) is 10.1 Å². The van der Waals surface area contributed by atoms with Crippen molar-refractivity contribution in [2.75, 3.05) is 5.73 Å². The Kier molecular flexibility index (Phi) is 2.10. The van der Waals surface area contributed by atoms with E-state index in [1.54, 1.807) is 0 Å². The fourth-order valence-electron chi connectivity index (χ4n) is 0.703. The molecule has 1 aromatic carbocycles. The van der Waals surface area contributed by atoms with Gasteiger partial charge in [0.25, 0.3) is 0 Å². The van der Waals surface area contributed by atoms with Gasteiger partial charge in [-0.3, -0.25) is 0 Å². The molecule has 1 rings (SSSR count). The van der Waals surface area contributed by atoms with Gasteiger partial charge in [-0.25, -0.2) is 4.39 Å². The van der Waals surface area contributed by atoms with E-state index in [-0.39, 0.29) is 5.02 Å². The van der Waals surface area contributed by atoms with Gasteiger partial charge in [-0.2, -0.15) is 0 Å². The van der Waals surface area contributed by atoms with Gasteiger partial charge in [0.05, 0.1) is 5.02 Å². The van der Waals surface area contributed by atoms with Crippen molar-refractivity contribution in [3.63, 3.8) is 0 Å². The Hall–Kier alpha value is -1.09. The topological polar surface area (TPSA) is 49.9 Å². The molecule has 0 amide bonds. The molecule has 2 nitrogen and oxygen atoms in total. The number of rotatable bonds is 1. The van der Waals surface area contributed by atoms with Crippen molar-refractivity contribution in [1.82, 2.24) is 0 Å². The molecule has 0 aliphatic heterocycles. The number of nitrogen functional groups attached to an aromatic ring is 1. The molecule has 11 heavy (non-hydrogen) atoms. The summed E-state index contributed by atoms with van der Waals surface area (Å²) in [6.07, 6.45) is 0.981. The lowest BCUT2D eigenvalue weighted by molar-refractivity contribution is 0.628. The third kappa shape index (κ3) is 1.49. The van der Waals surface area contributed by atoms with Crippen LogP contribution in [0.1, 0.15) is 5.56 Å². The van der Waals surface area contributed by atoms with Crippen molar-refractivity contribution in [3.8, 4) is 0 Å². The molecule has 58 valence electrons. The summed E-state index contributed by atoms with van der Waals surface area (Å²) >= 11 is 5.41. The molecule has 0 bridgehead atoms. The summed E-state index contributed by atoms with van der Waals surface area (Å²) in [7, 11) is 0. The molecule has 0 fully saturated rings. The van der Waals surface area contributed by atoms with Crippen LogP contribution in [-0.4, -0.2) is 6.21 Å². The summed E-state index contributed by atoms with van der Waals surface area (Å²) in [5.74, 6) is -0.556. The second-order valence-corrected chi connectivity index (χ2v) is 2.45. The normalized spacial score (nSPS) is 9.64. The predicted molar refractivity (Wildman–Crippen MR) is 43.7 cm³/mol. The molecule has 0 saturated heterocycles. The van der Waals surface area contributed by atoms with E-state index in [1.807, 2.05) is 0 Å². The van der Waals surface area contributed by atoms with Crippen LogP contribution in [0.3, 0.4) is 0 Å². The minimum absolute atomic E-state index is 0.0203. The maximum absolute atomic E-state index is 12.7. The molecule has 1 aromatic rings. The van der Waals surface area contributed by atoms with E-state index in [9.17, 15) is 4.39 Å². The van der Waals surface area contributed by atoms with E-state index in [4.69, 9.17) is 22.7 Å². The molecular weight excluding hydrogens is 167 g/mol. The van der Waals surface area contributed by atoms with Crippen molar-refractivity contribution in [2.24, 2.45) is 0 Å². The summed E-state index contributed by atoms with van der Waals surface area (Å²) in [5, 5.41) is 6.82. The van der Waals surface area contributed by atoms with Crippen molar-refractivity contribution in [2.45, 2.75) is 0 Å². The van der Waals surface area contributed by atoms with Gasteiger partial charge in [0.1, 0.15) is 5.82 Å². The number of halogens is 2. The Bertz CT molecular complexity index is 299. The average Bonchev–Trinajstić information content (AvgIpc) is 1.97. The molecule has 4 heteroatoms. The molecule has 0 unspecified atom stereocenters. The highest BCUT2D eigenvalue weighted by Crippen LogP contribution is 2.20. The molecule has 0 aliphatic rings. The number of hydrogen-bond donors (Lipinski definition) is 2. The van der Waals surface area contributed by atoms with Crippen molar-refractivity contribution in [1.29, 1.82) is 5.41 Å². The molecule has 0 aliphatic carbocycles. The van der Waals surface area contributed by atoms with Crippen LogP contribution < -0.4 is 5.73 Å². The maximum atomic E-state index is 12.7. The Morgan fingerprint density at radius 1 is 1.55 bits per heavy atom. The van der Waals surface area contributed by atoms with Gasteiger partial charge in [0.15, 0.2) is 0 Å². The first-order valence-corrected chi connectivity index (χ1v) is 3.28. The van der Waals surface area contributed by atoms with Gasteiger partial charge >= 0.3 is 0 Å². The standard InChI is InChI=1S/C7H6ClFN2/c8-5-2-7(11)4(3-10)1-6(5)9/h1-3,10H,11H2. The third-order valence-electron chi connectivity index (χ3n) is 1.28. The molecule has 0 aromatic heterocycles. The van der Waals surface area contributed by atoms with Crippen molar-refractivity contribution < 1.29 is 4.39 Å². The minimum Gasteiger partial charge on any atom is -0.398 e. The smallest absolute Gasteiger partial charge is 0.142 e. The second kappa shape index (κ2) is 2.88. The SMILES string of the molecule is N=Cc1cc(F)c(Cl)cc1N. The predicted octanol–water partition coefficient (Wildman–Crippen LogP) is 2.06. The van der Waals surface area contributed by atoms with Crippen LogP contribution in [0.15, 0.2) is 12.1 Å². The molecule has 0 radical (unpaired) electrons. The maximum Gasteiger partial charge on any atom is 0.142 e. The van der Waals surface area contributed by atoms with Crippen LogP contribution in [0.25, 0.3) is 0 Å². The van der Waals surface area contributed by atoms with E-state index >= 15 is 0 Å². The lowest BCUT2D eigenvalue weighted by Crippen LogP contribution is -1.94. The highest BCUT2D eigenvalue weighted by atomic mass is 35.5. The molecule has 0 saturated carbocycles. The summed E-state index contributed by atoms with van der Waals surface area (Å²) in [5.41, 5.74) is 6.05. The Labute approximate surface area is 68.3 Å². The van der Waals surface area contributed by atoms with Crippen LogP contribution in [0.5, 0.6) is 0 Å². The zero-order chi connectivity index (χ0) is 8.43. The zero-order valence-electron chi connectivity index (χ0n) is 5.57. The molecule has 0 spiro atoms. The largest absolute Gasteiger partial charge is 0.398 e. The van der Waals surface area contributed by atoms with Gasteiger partial charge in [0, 0.05) is 17.5 Å². The van der Waals surface area contributed by atoms with Gasteiger partial charge in [-0.1, -0.05) is 11.6 Å². The second-order valence-electron chi connectivity index (χ2n) is 2.04. The monoisotopic (exact) mass is 172 g/mol. The van der Waals surface area contributed by atoms with E-state index in [0.717, 1.165) is 12.3 Å². The van der Waals surface area contributed by atoms with E-state index in [0.29, 0.717) is 11.3 Å². The number of nitrogens with one attached hydrogen (secondary N) is 1. The van der Waals surface area contributed by atoms with Crippen LogP contribution in [0, 0.1) is 11.2 Å². The Morgan fingerprint density at radius 3 is 2.73 bits per heavy atom. The number of anilines is 1. The third-order valence-corrected chi connectivity index (χ3v) is 1.57. The Morgan fingerprint density at radius 2 is 2.18 bits per heavy atom. The highest BCUT2D eigenvalue weighted by Gasteiger charge is 2.03. The van der Waals surface area contributed by atoms with Crippen LogP contribution >= 0.6 is 11.6 Å². The van der Waals surface area contributed by atoms with Gasteiger partial charge < -0.3 is 11.1 Å². The summed E-state index contributed by atoms with van der Waals surface area (Å²) in [6.45, 7) is 0. The lowest BCUT2D eigenvalue weighted by atomic mass is 10.2. The summed E-state index contributed by atoms with van der Waals surface area (Å²) < 4.78 is 12.7. The first-order chi connectivity index (χ1) is 5.15. The lowest BCUT2D eigenvalue weighted by Gasteiger charge is -2.00. The quantitative estimate of drug-likeness (QED) is 0.495. The highest BCUT2D eigenvalue weighted by molar-refractivity contribution is 6.31. The molecular formula is C7H6ClFN2. The van der Waals surface area contributed by atoms with Crippen molar-refractivity contribution >= 4 is 23.5 Å². The van der Waals surface area contributed by atoms with Crippen molar-refractivity contribution in [3.05, 3.63) is 28.5 Å². The fourth-order valence-corrected chi connectivity index (χ4v) is 0.875. The Balaban J connectivity index is 3.31. The number of hydrogen-bond acceptors (Lipinski definition) is 2. The van der Waals surface area contributed by atoms with Crippen LogP contribution in [0.2, 0.25) is 5.02 Å².